The predicted molar refractivity (Wildman–Crippen MR) is 76.3 cm³/mol. The fourth-order valence-electron chi connectivity index (χ4n) is 2.39. The third kappa shape index (κ3) is 3.67. The molecule has 1 aromatic rings. The van der Waals surface area contributed by atoms with E-state index in [1.54, 1.807) is 18.4 Å². The molecule has 102 valence electrons. The van der Waals surface area contributed by atoms with Gasteiger partial charge in [-0.1, -0.05) is 6.92 Å². The van der Waals surface area contributed by atoms with Crippen molar-refractivity contribution in [1.82, 2.24) is 10.3 Å². The number of nitrogens with zero attached hydrogens (tertiary/aromatic N) is 2. The molecule has 1 N–H and O–H groups in total. The van der Waals surface area contributed by atoms with Gasteiger partial charge in [0.05, 0.1) is 12.3 Å². The molecule has 0 bridgehead atoms. The van der Waals surface area contributed by atoms with Crippen LogP contribution in [0.3, 0.4) is 0 Å². The molecule has 1 unspecified atom stereocenters. The van der Waals surface area contributed by atoms with Crippen LogP contribution in [0, 0.1) is 5.92 Å². The number of rotatable bonds is 6. The summed E-state index contributed by atoms with van der Waals surface area (Å²) in [4.78, 5) is 7.12. The first kappa shape index (κ1) is 13.8. The summed E-state index contributed by atoms with van der Waals surface area (Å²) in [5.74, 6) is 0.657. The van der Waals surface area contributed by atoms with Gasteiger partial charge in [0.15, 0.2) is 5.13 Å². The van der Waals surface area contributed by atoms with Gasteiger partial charge in [-0.25, -0.2) is 4.98 Å². The maximum absolute atomic E-state index is 5.27. The van der Waals surface area contributed by atoms with E-state index in [9.17, 15) is 0 Å². The van der Waals surface area contributed by atoms with Crippen LogP contribution < -0.4 is 10.2 Å². The number of anilines is 1. The van der Waals surface area contributed by atoms with Gasteiger partial charge in [-0.3, -0.25) is 0 Å². The number of aromatic nitrogens is 1. The highest BCUT2D eigenvalue weighted by atomic mass is 32.1. The van der Waals surface area contributed by atoms with E-state index in [1.165, 1.54) is 18.0 Å². The third-order valence-electron chi connectivity index (χ3n) is 3.29. The Morgan fingerprint density at radius 2 is 2.50 bits per heavy atom. The van der Waals surface area contributed by atoms with Crippen LogP contribution in [0.25, 0.3) is 0 Å². The Balaban J connectivity index is 1.91. The lowest BCUT2D eigenvalue weighted by atomic mass is 9.99. The van der Waals surface area contributed by atoms with Crippen LogP contribution in [-0.2, 0) is 11.3 Å². The largest absolute Gasteiger partial charge is 0.384 e. The second-order valence-corrected chi connectivity index (χ2v) is 5.65. The van der Waals surface area contributed by atoms with Crippen LogP contribution in [-0.4, -0.2) is 38.3 Å². The summed E-state index contributed by atoms with van der Waals surface area (Å²) in [5.41, 5.74) is 1.16. The Bertz CT molecular complexity index is 354. The molecule has 0 amide bonds. The van der Waals surface area contributed by atoms with E-state index in [1.807, 2.05) is 0 Å². The SMILES string of the molecule is CCNCc1csc(N2CCCC(COC)C2)n1. The molecular weight excluding hydrogens is 246 g/mol. The quantitative estimate of drug-likeness (QED) is 0.858. The number of hydrogen-bond acceptors (Lipinski definition) is 5. The van der Waals surface area contributed by atoms with Crippen molar-refractivity contribution in [3.05, 3.63) is 11.1 Å². The maximum Gasteiger partial charge on any atom is 0.185 e. The fourth-order valence-corrected chi connectivity index (χ4v) is 3.25. The van der Waals surface area contributed by atoms with Gasteiger partial charge in [-0.2, -0.15) is 0 Å². The maximum atomic E-state index is 5.27. The zero-order chi connectivity index (χ0) is 12.8. The number of hydrogen-bond donors (Lipinski definition) is 1. The first-order chi connectivity index (χ1) is 8.83. The lowest BCUT2D eigenvalue weighted by Crippen LogP contribution is -2.37. The third-order valence-corrected chi connectivity index (χ3v) is 4.24. The first-order valence-electron chi connectivity index (χ1n) is 6.72. The van der Waals surface area contributed by atoms with Crippen molar-refractivity contribution in [2.24, 2.45) is 5.92 Å². The molecule has 2 heterocycles. The lowest BCUT2D eigenvalue weighted by molar-refractivity contribution is 0.143. The molecule has 0 aromatic carbocycles. The minimum Gasteiger partial charge on any atom is -0.384 e. The highest BCUT2D eigenvalue weighted by Gasteiger charge is 2.21. The van der Waals surface area contributed by atoms with Crippen LogP contribution >= 0.6 is 11.3 Å². The smallest absolute Gasteiger partial charge is 0.185 e. The molecule has 1 aliphatic rings. The number of methoxy groups -OCH3 is 1. The minimum absolute atomic E-state index is 0.657. The molecule has 1 fully saturated rings. The van der Waals surface area contributed by atoms with Gasteiger partial charge in [0.2, 0.25) is 0 Å². The molecule has 0 spiro atoms. The molecule has 1 aromatic heterocycles. The highest BCUT2D eigenvalue weighted by Crippen LogP contribution is 2.26. The standard InChI is InChI=1S/C13H23N3OS/c1-3-14-7-12-10-18-13(15-12)16-6-4-5-11(8-16)9-17-2/h10-11,14H,3-9H2,1-2H3. The molecule has 0 radical (unpaired) electrons. The molecule has 4 nitrogen and oxygen atoms in total. The molecular formula is C13H23N3OS. The van der Waals surface area contributed by atoms with E-state index in [2.05, 4.69) is 22.5 Å². The van der Waals surface area contributed by atoms with Crippen molar-refractivity contribution in [3.63, 3.8) is 0 Å². The van der Waals surface area contributed by atoms with Crippen LogP contribution in [0.4, 0.5) is 5.13 Å². The van der Waals surface area contributed by atoms with E-state index in [0.29, 0.717) is 5.92 Å². The molecule has 2 rings (SSSR count). The fraction of sp³-hybridized carbons (Fsp3) is 0.769. The Hall–Kier alpha value is -0.650. The Morgan fingerprint density at radius 3 is 3.28 bits per heavy atom. The predicted octanol–water partition coefficient (Wildman–Crippen LogP) is 2.12. The van der Waals surface area contributed by atoms with Crippen LogP contribution in [0.1, 0.15) is 25.5 Å². The zero-order valence-corrected chi connectivity index (χ0v) is 12.1. The summed E-state index contributed by atoms with van der Waals surface area (Å²) in [7, 11) is 1.79. The molecule has 1 saturated heterocycles. The van der Waals surface area contributed by atoms with E-state index < -0.39 is 0 Å². The molecule has 5 heteroatoms. The van der Waals surface area contributed by atoms with Crippen LogP contribution in [0.2, 0.25) is 0 Å². The average Bonchev–Trinajstić information content (AvgIpc) is 2.86. The van der Waals surface area contributed by atoms with Crippen LogP contribution in [0.5, 0.6) is 0 Å². The first-order valence-corrected chi connectivity index (χ1v) is 7.60. The summed E-state index contributed by atoms with van der Waals surface area (Å²) >= 11 is 1.76. The summed E-state index contributed by atoms with van der Waals surface area (Å²) in [5, 5.41) is 6.65. The summed E-state index contributed by atoms with van der Waals surface area (Å²) in [6.45, 7) is 7.07. The Kier molecular flexibility index (Phi) is 5.41. The number of thiazole rings is 1. The van der Waals surface area contributed by atoms with Gasteiger partial charge < -0.3 is 15.0 Å². The van der Waals surface area contributed by atoms with Crippen molar-refractivity contribution in [2.45, 2.75) is 26.3 Å². The lowest BCUT2D eigenvalue weighted by Gasteiger charge is -2.32. The van der Waals surface area contributed by atoms with Gasteiger partial charge in [-0.05, 0) is 25.3 Å². The summed E-state index contributed by atoms with van der Waals surface area (Å²) in [6.07, 6.45) is 2.52. The average molecular weight is 269 g/mol. The van der Waals surface area contributed by atoms with E-state index >= 15 is 0 Å². The van der Waals surface area contributed by atoms with E-state index in [4.69, 9.17) is 9.72 Å². The second kappa shape index (κ2) is 7.07. The molecule has 18 heavy (non-hydrogen) atoms. The van der Waals surface area contributed by atoms with Gasteiger partial charge >= 0.3 is 0 Å². The van der Waals surface area contributed by atoms with E-state index in [-0.39, 0.29) is 0 Å². The molecule has 1 atom stereocenters. The number of ether oxygens (including phenoxy) is 1. The zero-order valence-electron chi connectivity index (χ0n) is 11.3. The van der Waals surface area contributed by atoms with Gasteiger partial charge in [0.25, 0.3) is 0 Å². The Morgan fingerprint density at radius 1 is 1.61 bits per heavy atom. The summed E-state index contributed by atoms with van der Waals surface area (Å²) < 4.78 is 5.27. The Labute approximate surface area is 113 Å². The number of nitrogens with one attached hydrogen (secondary N) is 1. The molecule has 0 saturated carbocycles. The minimum atomic E-state index is 0.657. The monoisotopic (exact) mass is 269 g/mol. The van der Waals surface area contributed by atoms with Crippen molar-refractivity contribution in [1.29, 1.82) is 0 Å². The number of piperidine rings is 1. The van der Waals surface area contributed by atoms with Crippen molar-refractivity contribution < 1.29 is 4.74 Å². The normalized spacial score (nSPS) is 20.3. The van der Waals surface area contributed by atoms with Gasteiger partial charge in [0.1, 0.15) is 0 Å². The van der Waals surface area contributed by atoms with Crippen molar-refractivity contribution in [3.8, 4) is 0 Å². The van der Waals surface area contributed by atoms with Crippen LogP contribution in [0.15, 0.2) is 5.38 Å². The topological polar surface area (TPSA) is 37.4 Å². The van der Waals surface area contributed by atoms with Crippen molar-refractivity contribution in [2.75, 3.05) is 38.3 Å². The second-order valence-electron chi connectivity index (χ2n) is 4.81. The van der Waals surface area contributed by atoms with E-state index in [0.717, 1.165) is 38.5 Å². The van der Waals surface area contributed by atoms with Gasteiger partial charge in [0, 0.05) is 32.1 Å². The van der Waals surface area contributed by atoms with Gasteiger partial charge in [-0.15, -0.1) is 11.3 Å². The van der Waals surface area contributed by atoms with Crippen molar-refractivity contribution >= 4 is 16.5 Å². The molecule has 1 aliphatic heterocycles. The summed E-state index contributed by atoms with van der Waals surface area (Å²) in [6, 6.07) is 0. The highest BCUT2D eigenvalue weighted by molar-refractivity contribution is 7.13. The molecule has 0 aliphatic carbocycles.